The Labute approximate surface area is 145 Å². The van der Waals surface area contributed by atoms with Gasteiger partial charge in [-0.15, -0.1) is 10.2 Å². The van der Waals surface area contributed by atoms with Crippen LogP contribution in [0.25, 0.3) is 11.5 Å². The van der Waals surface area contributed by atoms with Gasteiger partial charge in [-0.2, -0.15) is 0 Å². The summed E-state index contributed by atoms with van der Waals surface area (Å²) in [7, 11) is 0. The van der Waals surface area contributed by atoms with Gasteiger partial charge in [-0.05, 0) is 44.0 Å². The van der Waals surface area contributed by atoms with Crippen LogP contribution in [-0.4, -0.2) is 25.5 Å². The predicted octanol–water partition coefficient (Wildman–Crippen LogP) is 3.79. The maximum absolute atomic E-state index is 12.2. The van der Waals surface area contributed by atoms with E-state index in [2.05, 4.69) is 34.3 Å². The van der Waals surface area contributed by atoms with Crippen molar-refractivity contribution >= 4 is 17.3 Å². The number of benzene rings is 1. The molecule has 0 amide bonds. The molecular formula is C19H19N5O. The van der Waals surface area contributed by atoms with Gasteiger partial charge in [-0.3, -0.25) is 4.79 Å². The Morgan fingerprint density at radius 3 is 2.80 bits per heavy atom. The van der Waals surface area contributed by atoms with Crippen LogP contribution < -0.4 is 5.32 Å². The van der Waals surface area contributed by atoms with Crippen molar-refractivity contribution in [3.05, 3.63) is 53.9 Å². The number of carbonyl (C=O) groups is 1. The first-order valence-corrected chi connectivity index (χ1v) is 8.42. The molecule has 0 saturated heterocycles. The summed E-state index contributed by atoms with van der Waals surface area (Å²) in [5, 5.41) is 11.5. The number of ketones is 1. The van der Waals surface area contributed by atoms with E-state index >= 15 is 0 Å². The Kier molecular flexibility index (Phi) is 3.80. The number of aryl methyl sites for hydroxylation is 1. The van der Waals surface area contributed by atoms with Crippen LogP contribution in [0.1, 0.15) is 42.2 Å². The van der Waals surface area contributed by atoms with E-state index in [1.165, 1.54) is 0 Å². The molecule has 4 rings (SSSR count). The molecule has 3 aromatic rings. The fraction of sp³-hybridized carbons (Fsp3) is 0.263. The first kappa shape index (κ1) is 15.5. The van der Waals surface area contributed by atoms with Crippen LogP contribution >= 0.6 is 0 Å². The minimum Gasteiger partial charge on any atom is -0.340 e. The molecule has 6 heteroatoms. The molecular weight excluding hydrogens is 314 g/mol. The number of hydrogen-bond acceptors (Lipinski definition) is 5. The highest BCUT2D eigenvalue weighted by molar-refractivity contribution is 6.05. The van der Waals surface area contributed by atoms with E-state index in [4.69, 9.17) is 0 Å². The smallest absolute Gasteiger partial charge is 0.182 e. The second-order valence-corrected chi connectivity index (χ2v) is 6.45. The van der Waals surface area contributed by atoms with Crippen LogP contribution in [0.2, 0.25) is 0 Å². The zero-order valence-corrected chi connectivity index (χ0v) is 14.2. The molecule has 1 aliphatic rings. The van der Waals surface area contributed by atoms with Crippen molar-refractivity contribution in [3.63, 3.8) is 0 Å². The van der Waals surface area contributed by atoms with E-state index < -0.39 is 0 Å². The third kappa shape index (κ3) is 2.80. The number of hydrogen-bond donors (Lipinski definition) is 1. The molecule has 0 atom stereocenters. The van der Waals surface area contributed by atoms with Gasteiger partial charge in [0.15, 0.2) is 11.6 Å². The van der Waals surface area contributed by atoms with E-state index in [0.29, 0.717) is 12.2 Å². The Bertz CT molecular complexity index is 944. The molecule has 0 spiro atoms. The van der Waals surface area contributed by atoms with Crippen molar-refractivity contribution in [3.8, 4) is 11.5 Å². The average molecular weight is 333 g/mol. The lowest BCUT2D eigenvalue weighted by molar-refractivity contribution is 0.0995. The normalized spacial score (nSPS) is 13.3. The SMILES string of the molecule is CC(C)n1cnnc1-c1cccc(Nc2cccc3c2C(=O)CC3)n1. The van der Waals surface area contributed by atoms with Gasteiger partial charge in [0.2, 0.25) is 0 Å². The summed E-state index contributed by atoms with van der Waals surface area (Å²) in [5.41, 5.74) is 3.45. The van der Waals surface area contributed by atoms with Crippen molar-refractivity contribution in [2.45, 2.75) is 32.7 Å². The lowest BCUT2D eigenvalue weighted by Crippen LogP contribution is -2.04. The molecule has 2 aromatic heterocycles. The largest absolute Gasteiger partial charge is 0.340 e. The molecule has 1 aliphatic carbocycles. The average Bonchev–Trinajstić information content (AvgIpc) is 3.23. The molecule has 2 heterocycles. The molecule has 0 aliphatic heterocycles. The molecule has 0 bridgehead atoms. The number of aromatic nitrogens is 4. The summed E-state index contributed by atoms with van der Waals surface area (Å²) in [5.74, 6) is 1.60. The minimum atomic E-state index is 0.189. The molecule has 6 nitrogen and oxygen atoms in total. The Morgan fingerprint density at radius 1 is 1.12 bits per heavy atom. The van der Waals surface area contributed by atoms with Crippen LogP contribution in [-0.2, 0) is 6.42 Å². The van der Waals surface area contributed by atoms with Gasteiger partial charge < -0.3 is 9.88 Å². The van der Waals surface area contributed by atoms with Gasteiger partial charge in [-0.25, -0.2) is 4.98 Å². The maximum Gasteiger partial charge on any atom is 0.182 e. The summed E-state index contributed by atoms with van der Waals surface area (Å²) in [6.07, 6.45) is 3.11. The van der Waals surface area contributed by atoms with E-state index in [-0.39, 0.29) is 11.8 Å². The zero-order valence-electron chi connectivity index (χ0n) is 14.2. The van der Waals surface area contributed by atoms with Gasteiger partial charge in [-0.1, -0.05) is 18.2 Å². The summed E-state index contributed by atoms with van der Waals surface area (Å²) < 4.78 is 1.98. The fourth-order valence-corrected chi connectivity index (χ4v) is 3.19. The number of rotatable bonds is 4. The molecule has 25 heavy (non-hydrogen) atoms. The van der Waals surface area contributed by atoms with Crippen molar-refractivity contribution in [1.29, 1.82) is 0 Å². The van der Waals surface area contributed by atoms with Crippen LogP contribution in [0.5, 0.6) is 0 Å². The van der Waals surface area contributed by atoms with E-state index in [1.807, 2.05) is 41.0 Å². The van der Waals surface area contributed by atoms with Crippen molar-refractivity contribution < 1.29 is 4.79 Å². The van der Waals surface area contributed by atoms with Gasteiger partial charge in [0.05, 0.1) is 5.69 Å². The molecule has 0 radical (unpaired) electrons. The van der Waals surface area contributed by atoms with E-state index in [9.17, 15) is 4.79 Å². The number of Topliss-reactive ketones (excluding diaryl/α,β-unsaturated/α-hetero) is 1. The fourth-order valence-electron chi connectivity index (χ4n) is 3.19. The maximum atomic E-state index is 12.2. The number of nitrogens with zero attached hydrogens (tertiary/aromatic N) is 4. The van der Waals surface area contributed by atoms with Gasteiger partial charge in [0, 0.05) is 18.0 Å². The number of pyridine rings is 1. The highest BCUT2D eigenvalue weighted by Crippen LogP contribution is 2.31. The summed E-state index contributed by atoms with van der Waals surface area (Å²) in [6.45, 7) is 4.15. The lowest BCUT2D eigenvalue weighted by Gasteiger charge is -2.12. The Balaban J connectivity index is 1.69. The molecule has 0 saturated carbocycles. The summed E-state index contributed by atoms with van der Waals surface area (Å²) in [4.78, 5) is 16.8. The van der Waals surface area contributed by atoms with Crippen molar-refractivity contribution in [1.82, 2.24) is 19.7 Å². The third-order valence-corrected chi connectivity index (χ3v) is 4.42. The zero-order chi connectivity index (χ0) is 17.4. The first-order chi connectivity index (χ1) is 12.1. The second-order valence-electron chi connectivity index (χ2n) is 6.45. The van der Waals surface area contributed by atoms with Gasteiger partial charge >= 0.3 is 0 Å². The second kappa shape index (κ2) is 6.12. The number of nitrogens with one attached hydrogen (secondary N) is 1. The topological polar surface area (TPSA) is 72.7 Å². The van der Waals surface area contributed by atoms with Crippen molar-refractivity contribution in [2.24, 2.45) is 0 Å². The lowest BCUT2D eigenvalue weighted by atomic mass is 10.1. The van der Waals surface area contributed by atoms with Crippen LogP contribution in [0.3, 0.4) is 0 Å². The highest BCUT2D eigenvalue weighted by atomic mass is 16.1. The molecule has 0 unspecified atom stereocenters. The van der Waals surface area contributed by atoms with Gasteiger partial charge in [0.25, 0.3) is 0 Å². The number of anilines is 2. The van der Waals surface area contributed by atoms with E-state index in [0.717, 1.165) is 34.8 Å². The third-order valence-electron chi connectivity index (χ3n) is 4.42. The van der Waals surface area contributed by atoms with Crippen LogP contribution in [0.15, 0.2) is 42.7 Å². The standard InChI is InChI=1S/C19H19N5O/c1-12(2)24-11-20-23-19(24)15-7-4-8-17(22-15)21-14-6-3-5-13-9-10-16(25)18(13)14/h3-8,11-12H,9-10H2,1-2H3,(H,21,22). The quantitative estimate of drug-likeness (QED) is 0.786. The molecule has 1 aromatic carbocycles. The minimum absolute atomic E-state index is 0.189. The summed E-state index contributed by atoms with van der Waals surface area (Å²) >= 11 is 0. The molecule has 126 valence electrons. The van der Waals surface area contributed by atoms with E-state index in [1.54, 1.807) is 6.33 Å². The van der Waals surface area contributed by atoms with Crippen molar-refractivity contribution in [2.75, 3.05) is 5.32 Å². The monoisotopic (exact) mass is 333 g/mol. The Morgan fingerprint density at radius 2 is 1.96 bits per heavy atom. The number of fused-ring (bicyclic) bond motifs is 1. The Hall–Kier alpha value is -3.02. The predicted molar refractivity (Wildman–Crippen MR) is 96.0 cm³/mol. The highest BCUT2D eigenvalue weighted by Gasteiger charge is 2.22. The first-order valence-electron chi connectivity index (χ1n) is 8.42. The number of carbonyl (C=O) groups excluding carboxylic acids is 1. The molecule has 0 fully saturated rings. The van der Waals surface area contributed by atoms with Crippen LogP contribution in [0, 0.1) is 0 Å². The molecule has 1 N–H and O–H groups in total. The van der Waals surface area contributed by atoms with Crippen LogP contribution in [0.4, 0.5) is 11.5 Å². The summed E-state index contributed by atoms with van der Waals surface area (Å²) in [6, 6.07) is 11.9. The van der Waals surface area contributed by atoms with Gasteiger partial charge in [0.1, 0.15) is 17.8 Å².